The standard InChI is InChI=1S/C15H19NO4S/c17-13(12-7-10(9-21-12)14(18)19)16-11-3-6-20-15(8-11)4-1-2-5-15/h7,9,11H,1-6,8H2,(H,16,17)(H,18,19). The third-order valence-electron chi connectivity index (χ3n) is 4.41. The number of carboxylic acids is 1. The fraction of sp³-hybridized carbons (Fsp3) is 0.600. The van der Waals surface area contributed by atoms with Gasteiger partial charge in [-0.3, -0.25) is 4.79 Å². The number of carbonyl (C=O) groups excluding carboxylic acids is 1. The number of thiophene rings is 1. The number of carboxylic acid groups (broad SMARTS) is 1. The molecule has 2 heterocycles. The predicted molar refractivity (Wildman–Crippen MR) is 78.9 cm³/mol. The summed E-state index contributed by atoms with van der Waals surface area (Å²) < 4.78 is 5.95. The smallest absolute Gasteiger partial charge is 0.336 e. The van der Waals surface area contributed by atoms with Crippen LogP contribution >= 0.6 is 11.3 Å². The van der Waals surface area contributed by atoms with Crippen LogP contribution in [-0.2, 0) is 4.74 Å². The minimum absolute atomic E-state index is 0.0299. The van der Waals surface area contributed by atoms with Crippen molar-refractivity contribution in [2.45, 2.75) is 50.2 Å². The van der Waals surface area contributed by atoms with Gasteiger partial charge in [0, 0.05) is 18.0 Å². The van der Waals surface area contributed by atoms with E-state index >= 15 is 0 Å². The van der Waals surface area contributed by atoms with E-state index in [1.165, 1.54) is 35.6 Å². The van der Waals surface area contributed by atoms with Crippen LogP contribution < -0.4 is 5.32 Å². The molecule has 0 radical (unpaired) electrons. The Bertz CT molecular complexity index is 548. The van der Waals surface area contributed by atoms with E-state index in [2.05, 4.69) is 5.32 Å². The number of nitrogens with one attached hydrogen (secondary N) is 1. The van der Waals surface area contributed by atoms with Gasteiger partial charge >= 0.3 is 5.97 Å². The molecule has 2 N–H and O–H groups in total. The van der Waals surface area contributed by atoms with Crippen molar-refractivity contribution in [1.82, 2.24) is 5.32 Å². The maximum absolute atomic E-state index is 12.2. The Labute approximate surface area is 127 Å². The van der Waals surface area contributed by atoms with Crippen LogP contribution in [-0.4, -0.2) is 35.2 Å². The first-order chi connectivity index (χ1) is 10.1. The van der Waals surface area contributed by atoms with Crippen molar-refractivity contribution in [3.63, 3.8) is 0 Å². The lowest BCUT2D eigenvalue weighted by molar-refractivity contribution is -0.0823. The second-order valence-electron chi connectivity index (χ2n) is 5.91. The Morgan fingerprint density at radius 3 is 2.81 bits per heavy atom. The number of carbonyl (C=O) groups is 2. The van der Waals surface area contributed by atoms with E-state index in [0.29, 0.717) is 11.5 Å². The number of aromatic carboxylic acids is 1. The molecule has 2 fully saturated rings. The second-order valence-corrected chi connectivity index (χ2v) is 6.82. The minimum atomic E-state index is -0.999. The minimum Gasteiger partial charge on any atom is -0.478 e. The van der Waals surface area contributed by atoms with E-state index in [1.807, 2.05) is 0 Å². The predicted octanol–water partition coefficient (Wildman–Crippen LogP) is 2.67. The Balaban J connectivity index is 1.62. The van der Waals surface area contributed by atoms with Gasteiger partial charge in [-0.05, 0) is 31.7 Å². The summed E-state index contributed by atoms with van der Waals surface area (Å²) in [6.45, 7) is 0.690. The summed E-state index contributed by atoms with van der Waals surface area (Å²) in [5, 5.41) is 13.4. The van der Waals surface area contributed by atoms with Gasteiger partial charge in [-0.1, -0.05) is 12.8 Å². The van der Waals surface area contributed by atoms with Crippen LogP contribution in [0.5, 0.6) is 0 Å². The number of hydrogen-bond acceptors (Lipinski definition) is 4. The van der Waals surface area contributed by atoms with E-state index in [0.717, 1.165) is 25.7 Å². The molecule has 21 heavy (non-hydrogen) atoms. The van der Waals surface area contributed by atoms with Crippen LogP contribution in [0.3, 0.4) is 0 Å². The van der Waals surface area contributed by atoms with E-state index in [1.54, 1.807) is 0 Å². The van der Waals surface area contributed by atoms with Gasteiger partial charge in [-0.25, -0.2) is 4.79 Å². The first-order valence-corrected chi connectivity index (χ1v) is 8.23. The van der Waals surface area contributed by atoms with Crippen LogP contribution in [0, 0.1) is 0 Å². The van der Waals surface area contributed by atoms with Gasteiger partial charge in [-0.2, -0.15) is 0 Å². The fourth-order valence-electron chi connectivity index (χ4n) is 3.34. The summed E-state index contributed by atoms with van der Waals surface area (Å²) in [7, 11) is 0. The topological polar surface area (TPSA) is 75.6 Å². The summed E-state index contributed by atoms with van der Waals surface area (Å²) in [5.41, 5.74) is 0.141. The van der Waals surface area contributed by atoms with Crippen LogP contribution in [0.15, 0.2) is 11.4 Å². The van der Waals surface area contributed by atoms with Crippen molar-refractivity contribution in [3.8, 4) is 0 Å². The summed E-state index contributed by atoms with van der Waals surface area (Å²) in [6.07, 6.45) is 6.27. The molecule has 5 nitrogen and oxygen atoms in total. The molecule has 1 saturated heterocycles. The zero-order chi connectivity index (χ0) is 14.9. The van der Waals surface area contributed by atoms with Crippen molar-refractivity contribution in [3.05, 3.63) is 21.9 Å². The Kier molecular flexibility index (Phi) is 3.99. The number of rotatable bonds is 3. The van der Waals surface area contributed by atoms with Gasteiger partial charge in [0.25, 0.3) is 5.91 Å². The number of amides is 1. The molecule has 1 atom stereocenters. The van der Waals surface area contributed by atoms with Gasteiger partial charge in [0.1, 0.15) is 0 Å². The number of ether oxygens (including phenoxy) is 1. The average Bonchev–Trinajstić information content (AvgIpc) is 3.08. The number of hydrogen-bond donors (Lipinski definition) is 2. The summed E-state index contributed by atoms with van der Waals surface area (Å²) in [6, 6.07) is 1.56. The molecule has 1 spiro atoms. The molecule has 1 aromatic heterocycles. The van der Waals surface area contributed by atoms with Crippen LogP contribution in [0.25, 0.3) is 0 Å². The zero-order valence-corrected chi connectivity index (χ0v) is 12.6. The monoisotopic (exact) mass is 309 g/mol. The SMILES string of the molecule is O=C(O)c1csc(C(=O)NC2CCOC3(CCCC3)C2)c1. The molecule has 3 rings (SSSR count). The maximum atomic E-state index is 12.2. The van der Waals surface area contributed by atoms with E-state index in [9.17, 15) is 9.59 Å². The Morgan fingerprint density at radius 1 is 1.38 bits per heavy atom. The molecule has 2 aliphatic rings. The van der Waals surface area contributed by atoms with Gasteiger partial charge < -0.3 is 15.2 Å². The molecule has 1 aliphatic carbocycles. The van der Waals surface area contributed by atoms with Crippen LogP contribution in [0.4, 0.5) is 0 Å². The normalized spacial score (nSPS) is 24.1. The average molecular weight is 309 g/mol. The highest BCUT2D eigenvalue weighted by Crippen LogP contribution is 2.40. The first kappa shape index (κ1) is 14.5. The van der Waals surface area contributed by atoms with Gasteiger partial charge in [0.05, 0.1) is 16.0 Å². The molecule has 0 aromatic carbocycles. The largest absolute Gasteiger partial charge is 0.478 e. The molecule has 6 heteroatoms. The zero-order valence-electron chi connectivity index (χ0n) is 11.8. The lowest BCUT2D eigenvalue weighted by atomic mass is 9.89. The van der Waals surface area contributed by atoms with Gasteiger partial charge in [-0.15, -0.1) is 11.3 Å². The van der Waals surface area contributed by atoms with Gasteiger partial charge in [0.15, 0.2) is 0 Å². The van der Waals surface area contributed by atoms with E-state index in [4.69, 9.17) is 9.84 Å². The highest BCUT2D eigenvalue weighted by atomic mass is 32.1. The lowest BCUT2D eigenvalue weighted by Gasteiger charge is -2.38. The van der Waals surface area contributed by atoms with Crippen molar-refractivity contribution < 1.29 is 19.4 Å². The molecule has 114 valence electrons. The van der Waals surface area contributed by atoms with E-state index < -0.39 is 5.97 Å². The Morgan fingerprint density at radius 2 is 2.14 bits per heavy atom. The highest BCUT2D eigenvalue weighted by molar-refractivity contribution is 7.12. The van der Waals surface area contributed by atoms with Crippen LogP contribution in [0.1, 0.15) is 58.6 Å². The molecular weight excluding hydrogens is 290 g/mol. The van der Waals surface area contributed by atoms with Crippen LogP contribution in [0.2, 0.25) is 0 Å². The van der Waals surface area contributed by atoms with Crippen molar-refractivity contribution in [2.24, 2.45) is 0 Å². The van der Waals surface area contributed by atoms with E-state index in [-0.39, 0.29) is 23.1 Å². The molecule has 0 bridgehead atoms. The summed E-state index contributed by atoms with van der Waals surface area (Å²) in [4.78, 5) is 23.5. The quantitative estimate of drug-likeness (QED) is 0.900. The molecule has 1 amide bonds. The van der Waals surface area contributed by atoms with Crippen molar-refractivity contribution >= 4 is 23.2 Å². The van der Waals surface area contributed by atoms with Crippen molar-refractivity contribution in [1.29, 1.82) is 0 Å². The summed E-state index contributed by atoms with van der Waals surface area (Å²) in [5.74, 6) is -1.17. The molecule has 1 aromatic rings. The Hall–Kier alpha value is -1.40. The highest BCUT2D eigenvalue weighted by Gasteiger charge is 2.40. The maximum Gasteiger partial charge on any atom is 0.336 e. The molecule has 1 unspecified atom stereocenters. The fourth-order valence-corrected chi connectivity index (χ4v) is 4.13. The second kappa shape index (κ2) is 5.77. The third-order valence-corrected chi connectivity index (χ3v) is 5.34. The molecular formula is C15H19NO4S. The molecule has 1 aliphatic heterocycles. The summed E-state index contributed by atoms with van der Waals surface area (Å²) >= 11 is 1.17. The lowest BCUT2D eigenvalue weighted by Crippen LogP contribution is -2.47. The third kappa shape index (κ3) is 3.11. The van der Waals surface area contributed by atoms with Gasteiger partial charge in [0.2, 0.25) is 0 Å². The molecule has 1 saturated carbocycles. The van der Waals surface area contributed by atoms with Crippen molar-refractivity contribution in [2.75, 3.05) is 6.61 Å². The first-order valence-electron chi connectivity index (χ1n) is 7.35.